The van der Waals surface area contributed by atoms with Crippen LogP contribution in [-0.4, -0.2) is 32.5 Å². The molecule has 1 heterocycles. The highest BCUT2D eigenvalue weighted by molar-refractivity contribution is 5.91. The summed E-state index contributed by atoms with van der Waals surface area (Å²) in [6.07, 6.45) is -4.13. The molecule has 0 spiro atoms. The number of alkyl halides is 3. The van der Waals surface area contributed by atoms with E-state index in [0.29, 0.717) is 24.4 Å². The number of nitrogens with zero attached hydrogens (tertiary/aromatic N) is 1. The number of amides is 1. The zero-order valence-electron chi connectivity index (χ0n) is 10.9. The zero-order chi connectivity index (χ0) is 14.8. The Kier molecular flexibility index (Phi) is 4.06. The highest BCUT2D eigenvalue weighted by Gasteiger charge is 2.33. The number of methoxy groups -OCH3 is 1. The Bertz CT molecular complexity index is 488. The lowest BCUT2D eigenvalue weighted by atomic mass is 10.0. The van der Waals surface area contributed by atoms with Gasteiger partial charge in [0.2, 0.25) is 0 Å². The van der Waals surface area contributed by atoms with E-state index in [2.05, 4.69) is 4.74 Å². The Labute approximate surface area is 114 Å². The summed E-state index contributed by atoms with van der Waals surface area (Å²) in [7, 11) is 1.45. The van der Waals surface area contributed by atoms with E-state index < -0.39 is 18.9 Å². The summed E-state index contributed by atoms with van der Waals surface area (Å²) >= 11 is 0. The van der Waals surface area contributed by atoms with Gasteiger partial charge in [0, 0.05) is 6.54 Å². The molecular weight excluding hydrogens is 275 g/mol. The maximum absolute atomic E-state index is 12.1. The average Bonchev–Trinajstić information content (AvgIpc) is 2.42. The Balaban J connectivity index is 2.21. The van der Waals surface area contributed by atoms with Gasteiger partial charge in [-0.15, -0.1) is 0 Å². The summed E-state index contributed by atoms with van der Waals surface area (Å²) < 4.78 is 45.8. The number of hydrogen-bond acceptors (Lipinski definition) is 3. The molecule has 20 heavy (non-hydrogen) atoms. The molecule has 0 saturated carbocycles. The number of rotatable bonds is 2. The molecule has 2 rings (SSSR count). The maximum atomic E-state index is 12.1. The largest absolute Gasteiger partial charge is 0.495 e. The fraction of sp³-hybridized carbons (Fsp3) is 0.462. The van der Waals surface area contributed by atoms with Gasteiger partial charge in [0.1, 0.15) is 5.75 Å². The second-order valence-electron chi connectivity index (χ2n) is 4.39. The van der Waals surface area contributed by atoms with Crippen LogP contribution in [0.4, 0.5) is 23.7 Å². The molecule has 1 aliphatic heterocycles. The van der Waals surface area contributed by atoms with Crippen LogP contribution in [0.5, 0.6) is 5.75 Å². The topological polar surface area (TPSA) is 38.8 Å². The Morgan fingerprint density at radius 3 is 2.80 bits per heavy atom. The molecule has 0 radical (unpaired) electrons. The molecule has 0 bridgehead atoms. The van der Waals surface area contributed by atoms with Gasteiger partial charge in [-0.1, -0.05) is 12.1 Å². The van der Waals surface area contributed by atoms with Crippen LogP contribution in [0.2, 0.25) is 0 Å². The molecule has 0 aromatic heterocycles. The van der Waals surface area contributed by atoms with E-state index in [-0.39, 0.29) is 0 Å². The van der Waals surface area contributed by atoms with Crippen molar-refractivity contribution in [2.75, 3.05) is 25.2 Å². The minimum atomic E-state index is -4.53. The SMILES string of the molecule is COc1cccc2c1N(C(=O)OCC(F)(F)F)CCC2. The van der Waals surface area contributed by atoms with Crippen molar-refractivity contribution in [2.24, 2.45) is 0 Å². The Morgan fingerprint density at radius 1 is 1.40 bits per heavy atom. The molecule has 0 aliphatic carbocycles. The molecule has 0 saturated heterocycles. The van der Waals surface area contributed by atoms with E-state index in [1.54, 1.807) is 12.1 Å². The molecule has 1 aromatic rings. The van der Waals surface area contributed by atoms with Crippen LogP contribution >= 0.6 is 0 Å². The fourth-order valence-corrected chi connectivity index (χ4v) is 2.18. The number of fused-ring (bicyclic) bond motifs is 1. The number of carbonyl (C=O) groups excluding carboxylic acids is 1. The molecule has 1 aliphatic rings. The summed E-state index contributed by atoms with van der Waals surface area (Å²) in [5.74, 6) is 0.450. The van der Waals surface area contributed by atoms with Gasteiger partial charge < -0.3 is 9.47 Å². The molecule has 0 N–H and O–H groups in total. The first-order chi connectivity index (χ1) is 9.42. The lowest BCUT2D eigenvalue weighted by Gasteiger charge is -2.30. The van der Waals surface area contributed by atoms with Gasteiger partial charge in [-0.05, 0) is 24.5 Å². The molecule has 4 nitrogen and oxygen atoms in total. The monoisotopic (exact) mass is 289 g/mol. The first-order valence-corrected chi connectivity index (χ1v) is 6.09. The average molecular weight is 289 g/mol. The van der Waals surface area contributed by atoms with Crippen LogP contribution < -0.4 is 9.64 Å². The minimum absolute atomic E-state index is 0.310. The number of hydrogen-bond donors (Lipinski definition) is 0. The van der Waals surface area contributed by atoms with E-state index in [1.165, 1.54) is 12.0 Å². The van der Waals surface area contributed by atoms with Crippen LogP contribution in [0.25, 0.3) is 0 Å². The van der Waals surface area contributed by atoms with Gasteiger partial charge in [0.25, 0.3) is 0 Å². The number of benzene rings is 1. The molecule has 1 amide bonds. The van der Waals surface area contributed by atoms with Crippen molar-refractivity contribution in [3.63, 3.8) is 0 Å². The quantitative estimate of drug-likeness (QED) is 0.839. The van der Waals surface area contributed by atoms with Crippen molar-refractivity contribution in [1.29, 1.82) is 0 Å². The molecule has 0 atom stereocenters. The second kappa shape index (κ2) is 5.60. The van der Waals surface area contributed by atoms with Gasteiger partial charge in [0.15, 0.2) is 6.61 Å². The summed E-state index contributed by atoms with van der Waals surface area (Å²) in [4.78, 5) is 13.0. The van der Waals surface area contributed by atoms with E-state index in [9.17, 15) is 18.0 Å². The van der Waals surface area contributed by atoms with Gasteiger partial charge in [-0.3, -0.25) is 4.90 Å². The van der Waals surface area contributed by atoms with Crippen LogP contribution in [0.3, 0.4) is 0 Å². The third-order valence-electron chi connectivity index (χ3n) is 2.98. The maximum Gasteiger partial charge on any atom is 0.422 e. The molecule has 0 unspecified atom stereocenters. The lowest BCUT2D eigenvalue weighted by Crippen LogP contribution is -2.37. The van der Waals surface area contributed by atoms with Crippen molar-refractivity contribution < 1.29 is 27.4 Å². The highest BCUT2D eigenvalue weighted by atomic mass is 19.4. The van der Waals surface area contributed by atoms with Crippen molar-refractivity contribution in [1.82, 2.24) is 0 Å². The van der Waals surface area contributed by atoms with Crippen LogP contribution in [-0.2, 0) is 11.2 Å². The van der Waals surface area contributed by atoms with Crippen LogP contribution in [0.1, 0.15) is 12.0 Å². The van der Waals surface area contributed by atoms with Crippen molar-refractivity contribution in [3.8, 4) is 5.75 Å². The van der Waals surface area contributed by atoms with Gasteiger partial charge in [0.05, 0.1) is 12.8 Å². The van der Waals surface area contributed by atoms with E-state index in [1.807, 2.05) is 6.07 Å². The van der Waals surface area contributed by atoms with E-state index in [4.69, 9.17) is 4.74 Å². The first-order valence-electron chi connectivity index (χ1n) is 6.09. The van der Waals surface area contributed by atoms with Crippen LogP contribution in [0.15, 0.2) is 18.2 Å². The summed E-state index contributed by atoms with van der Waals surface area (Å²) in [5.41, 5.74) is 1.35. The summed E-state index contributed by atoms with van der Waals surface area (Å²) in [5, 5.41) is 0. The van der Waals surface area contributed by atoms with Crippen molar-refractivity contribution >= 4 is 11.8 Å². The summed E-state index contributed by atoms with van der Waals surface area (Å²) in [6.45, 7) is -1.28. The number of ether oxygens (including phenoxy) is 2. The minimum Gasteiger partial charge on any atom is -0.495 e. The molecule has 110 valence electrons. The Morgan fingerprint density at radius 2 is 2.15 bits per heavy atom. The van der Waals surface area contributed by atoms with E-state index in [0.717, 1.165) is 12.0 Å². The zero-order valence-corrected chi connectivity index (χ0v) is 10.9. The van der Waals surface area contributed by atoms with E-state index >= 15 is 0 Å². The van der Waals surface area contributed by atoms with Crippen molar-refractivity contribution in [2.45, 2.75) is 19.0 Å². The van der Waals surface area contributed by atoms with Crippen molar-refractivity contribution in [3.05, 3.63) is 23.8 Å². The summed E-state index contributed by atoms with van der Waals surface area (Å²) in [6, 6.07) is 5.26. The number of para-hydroxylation sites is 1. The molecule has 0 fully saturated rings. The van der Waals surface area contributed by atoms with Crippen LogP contribution in [0, 0.1) is 0 Å². The second-order valence-corrected chi connectivity index (χ2v) is 4.39. The third-order valence-corrected chi connectivity index (χ3v) is 2.98. The molecule has 7 heteroatoms. The predicted octanol–water partition coefficient (Wildman–Crippen LogP) is 3.15. The lowest BCUT2D eigenvalue weighted by molar-refractivity contribution is -0.159. The molecule has 1 aromatic carbocycles. The van der Waals surface area contributed by atoms with Gasteiger partial charge in [-0.2, -0.15) is 13.2 Å². The highest BCUT2D eigenvalue weighted by Crippen LogP contribution is 2.36. The number of carbonyl (C=O) groups is 1. The fourth-order valence-electron chi connectivity index (χ4n) is 2.18. The normalized spacial score (nSPS) is 14.7. The first kappa shape index (κ1) is 14.5. The van der Waals surface area contributed by atoms with Gasteiger partial charge >= 0.3 is 12.3 Å². The molecular formula is C13H14F3NO3. The number of halogens is 3. The van der Waals surface area contributed by atoms with Gasteiger partial charge in [-0.25, -0.2) is 4.79 Å². The smallest absolute Gasteiger partial charge is 0.422 e. The standard InChI is InChI=1S/C13H14F3NO3/c1-19-10-6-2-4-9-5-3-7-17(11(9)10)12(18)20-8-13(14,15)16/h2,4,6H,3,5,7-8H2,1H3. The number of aryl methyl sites for hydroxylation is 1. The predicted molar refractivity (Wildman–Crippen MR) is 66.1 cm³/mol. The third kappa shape index (κ3) is 3.15. The Hall–Kier alpha value is -1.92. The number of anilines is 1.